The second-order valence-corrected chi connectivity index (χ2v) is 9.36. The van der Waals surface area contributed by atoms with Crippen LogP contribution >= 0.6 is 0 Å². The molecule has 2 aromatic carbocycles. The smallest absolute Gasteiger partial charge is 0.246 e. The summed E-state index contributed by atoms with van der Waals surface area (Å²) < 4.78 is 30.0. The van der Waals surface area contributed by atoms with Crippen molar-refractivity contribution in [2.75, 3.05) is 0 Å². The highest BCUT2D eigenvalue weighted by Crippen LogP contribution is 2.26. The van der Waals surface area contributed by atoms with Gasteiger partial charge < -0.3 is 0 Å². The van der Waals surface area contributed by atoms with Crippen LogP contribution in [-0.4, -0.2) is 19.1 Å². The summed E-state index contributed by atoms with van der Waals surface area (Å²) >= 11 is 0. The molecule has 0 radical (unpaired) electrons. The number of hydrogen-bond donors (Lipinski definition) is 0. The van der Waals surface area contributed by atoms with E-state index in [0.29, 0.717) is 11.4 Å². The molecule has 0 saturated heterocycles. The van der Waals surface area contributed by atoms with Gasteiger partial charge in [0.2, 0.25) is 0 Å². The molecular formula is C23H24N2O2S. The number of aryl methyl sites for hydroxylation is 1. The molecule has 144 valence electrons. The minimum atomic E-state index is -3.84. The van der Waals surface area contributed by atoms with E-state index in [-0.39, 0.29) is 4.90 Å². The Balaban J connectivity index is 2.12. The van der Waals surface area contributed by atoms with Crippen molar-refractivity contribution in [2.45, 2.75) is 32.6 Å². The van der Waals surface area contributed by atoms with E-state index < -0.39 is 15.4 Å². The predicted molar refractivity (Wildman–Crippen MR) is 114 cm³/mol. The summed E-state index contributed by atoms with van der Waals surface area (Å²) in [6.45, 7) is 7.73. The van der Waals surface area contributed by atoms with Gasteiger partial charge >= 0.3 is 0 Å². The van der Waals surface area contributed by atoms with Crippen LogP contribution in [0.3, 0.4) is 0 Å². The van der Waals surface area contributed by atoms with Crippen LogP contribution in [0.15, 0.2) is 82.1 Å². The molecule has 0 unspecified atom stereocenters. The van der Waals surface area contributed by atoms with Gasteiger partial charge in [-0.1, -0.05) is 74.9 Å². The monoisotopic (exact) mass is 392 g/mol. The average molecular weight is 393 g/mol. The van der Waals surface area contributed by atoms with Gasteiger partial charge in [0.05, 0.1) is 22.0 Å². The molecule has 1 aromatic heterocycles. The number of hydrogen-bond acceptors (Lipinski definition) is 3. The lowest BCUT2D eigenvalue weighted by Gasteiger charge is -2.21. The van der Waals surface area contributed by atoms with Crippen LogP contribution in [-0.2, 0) is 10.0 Å². The van der Waals surface area contributed by atoms with Crippen molar-refractivity contribution in [1.82, 2.24) is 4.98 Å². The van der Waals surface area contributed by atoms with E-state index in [0.717, 1.165) is 16.8 Å². The van der Waals surface area contributed by atoms with Crippen LogP contribution in [0, 0.1) is 12.3 Å². The Morgan fingerprint density at radius 2 is 1.50 bits per heavy atom. The third kappa shape index (κ3) is 4.54. The van der Waals surface area contributed by atoms with Crippen molar-refractivity contribution in [1.29, 1.82) is 0 Å². The molecule has 1 heterocycles. The molecule has 0 aliphatic carbocycles. The molecule has 0 saturated carbocycles. The van der Waals surface area contributed by atoms with Gasteiger partial charge in [-0.15, -0.1) is 0 Å². The molecule has 0 amide bonds. The second kappa shape index (κ2) is 7.68. The summed E-state index contributed by atoms with van der Waals surface area (Å²) in [5, 5.41) is 0. The third-order valence-corrected chi connectivity index (χ3v) is 5.59. The van der Waals surface area contributed by atoms with Crippen LogP contribution < -0.4 is 0 Å². The zero-order valence-corrected chi connectivity index (χ0v) is 17.4. The minimum absolute atomic E-state index is 0.180. The van der Waals surface area contributed by atoms with Gasteiger partial charge in [0, 0.05) is 11.0 Å². The molecule has 0 aliphatic heterocycles. The summed E-state index contributed by atoms with van der Waals surface area (Å²) in [4.78, 5) is 4.89. The maximum Gasteiger partial charge on any atom is 0.282 e. The van der Waals surface area contributed by atoms with Gasteiger partial charge in [0.15, 0.2) is 0 Å². The lowest BCUT2D eigenvalue weighted by atomic mass is 9.88. The van der Waals surface area contributed by atoms with Crippen molar-refractivity contribution >= 4 is 15.7 Å². The summed E-state index contributed by atoms with van der Waals surface area (Å²) in [5.74, 6) is 0. The first-order valence-electron chi connectivity index (χ1n) is 9.12. The van der Waals surface area contributed by atoms with Gasteiger partial charge in [0.1, 0.15) is 0 Å². The fraction of sp³-hybridized carbons (Fsp3) is 0.217. The fourth-order valence-electron chi connectivity index (χ4n) is 2.79. The third-order valence-electron chi connectivity index (χ3n) is 4.30. The number of sulfonamides is 1. The largest absolute Gasteiger partial charge is 0.282 e. The average Bonchev–Trinajstić information content (AvgIpc) is 2.66. The lowest BCUT2D eigenvalue weighted by Crippen LogP contribution is -2.24. The van der Waals surface area contributed by atoms with Gasteiger partial charge in [-0.3, -0.25) is 0 Å². The number of rotatable bonds is 4. The lowest BCUT2D eigenvalue weighted by molar-refractivity contribution is 0.581. The van der Waals surface area contributed by atoms with Crippen LogP contribution in [0.4, 0.5) is 0 Å². The first-order chi connectivity index (χ1) is 13.2. The first-order valence-corrected chi connectivity index (χ1v) is 10.6. The molecule has 0 N–H and O–H groups in total. The Labute approximate surface area is 167 Å². The molecule has 0 aliphatic rings. The quantitative estimate of drug-likeness (QED) is 0.568. The van der Waals surface area contributed by atoms with Crippen molar-refractivity contribution in [3.8, 4) is 11.3 Å². The van der Waals surface area contributed by atoms with Crippen LogP contribution in [0.2, 0.25) is 0 Å². The molecule has 0 fully saturated rings. The summed E-state index contributed by atoms with van der Waals surface area (Å²) in [5.41, 5.74) is 3.24. The molecular weight excluding hydrogens is 368 g/mol. The van der Waals surface area contributed by atoms with Crippen molar-refractivity contribution in [3.63, 3.8) is 0 Å². The highest BCUT2D eigenvalue weighted by atomic mass is 32.2. The van der Waals surface area contributed by atoms with Crippen LogP contribution in [0.1, 0.15) is 32.0 Å². The molecule has 4 nitrogen and oxygen atoms in total. The molecule has 0 atom stereocenters. The Morgan fingerprint density at radius 1 is 0.857 bits per heavy atom. The molecule has 3 aromatic rings. The summed E-state index contributed by atoms with van der Waals surface area (Å²) in [6, 6.07) is 22.1. The van der Waals surface area contributed by atoms with Gasteiger partial charge in [-0.25, -0.2) is 4.98 Å². The van der Waals surface area contributed by atoms with E-state index >= 15 is 0 Å². The first kappa shape index (κ1) is 20.0. The van der Waals surface area contributed by atoms with Crippen LogP contribution in [0.25, 0.3) is 11.3 Å². The van der Waals surface area contributed by atoms with E-state index in [1.807, 2.05) is 70.2 Å². The van der Waals surface area contributed by atoms with E-state index in [1.165, 1.54) is 0 Å². The standard InChI is InChI=1S/C23H24N2O2S/c1-17-13-15-19(16-14-17)28(26,27)25-22(23(2,3)4)21-12-8-11-20(24-21)18-9-6-5-7-10-18/h5-16H,1-4H3/b25-22+. The molecule has 3 rings (SSSR count). The highest BCUT2D eigenvalue weighted by Gasteiger charge is 2.26. The zero-order chi connectivity index (χ0) is 20.4. The number of aromatic nitrogens is 1. The number of pyridine rings is 1. The van der Waals surface area contributed by atoms with Crippen molar-refractivity contribution < 1.29 is 8.42 Å². The van der Waals surface area contributed by atoms with E-state index in [4.69, 9.17) is 4.98 Å². The van der Waals surface area contributed by atoms with E-state index in [1.54, 1.807) is 30.3 Å². The predicted octanol–water partition coefficient (Wildman–Crippen LogP) is 5.28. The van der Waals surface area contributed by atoms with Gasteiger partial charge in [-0.05, 0) is 31.2 Å². The number of nitrogens with zero attached hydrogens (tertiary/aromatic N) is 2. The van der Waals surface area contributed by atoms with E-state index in [9.17, 15) is 8.42 Å². The SMILES string of the molecule is Cc1ccc(S(=O)(=O)/N=C(\c2cccc(-c3ccccc3)n2)C(C)(C)C)cc1. The Bertz CT molecular complexity index is 1100. The van der Waals surface area contributed by atoms with Gasteiger partial charge in [-0.2, -0.15) is 12.8 Å². The topological polar surface area (TPSA) is 59.4 Å². The Morgan fingerprint density at radius 3 is 2.11 bits per heavy atom. The Hall–Kier alpha value is -2.79. The molecule has 28 heavy (non-hydrogen) atoms. The minimum Gasteiger partial charge on any atom is -0.246 e. The molecule has 0 spiro atoms. The van der Waals surface area contributed by atoms with Gasteiger partial charge in [0.25, 0.3) is 10.0 Å². The number of benzene rings is 2. The normalized spacial score (nSPS) is 12.8. The molecule has 5 heteroatoms. The second-order valence-electron chi connectivity index (χ2n) is 7.75. The Kier molecular flexibility index (Phi) is 5.47. The summed E-state index contributed by atoms with van der Waals surface area (Å²) in [6.07, 6.45) is 0. The zero-order valence-electron chi connectivity index (χ0n) is 16.5. The summed E-state index contributed by atoms with van der Waals surface area (Å²) in [7, 11) is -3.84. The maximum atomic E-state index is 12.9. The fourth-order valence-corrected chi connectivity index (χ4v) is 3.98. The van der Waals surface area contributed by atoms with E-state index in [2.05, 4.69) is 4.40 Å². The molecule has 0 bridgehead atoms. The van der Waals surface area contributed by atoms with Crippen molar-refractivity contribution in [3.05, 3.63) is 84.1 Å². The highest BCUT2D eigenvalue weighted by molar-refractivity contribution is 7.90. The maximum absolute atomic E-state index is 12.9. The van der Waals surface area contributed by atoms with Crippen LogP contribution in [0.5, 0.6) is 0 Å². The van der Waals surface area contributed by atoms with Crippen molar-refractivity contribution in [2.24, 2.45) is 9.81 Å².